The number of nitrogens with zero attached hydrogens (tertiary/aromatic N) is 6. The van der Waals surface area contributed by atoms with Gasteiger partial charge in [-0.1, -0.05) is 47.6 Å². The van der Waals surface area contributed by atoms with Crippen LogP contribution in [-0.2, 0) is 11.9 Å². The highest BCUT2D eigenvalue weighted by Crippen LogP contribution is 2.25. The molecular weight excluding hydrogens is 386 g/mol. The number of rotatable bonds is 6. The lowest BCUT2D eigenvalue weighted by molar-refractivity contribution is 0.0529. The van der Waals surface area contributed by atoms with Crippen molar-refractivity contribution in [1.82, 2.24) is 30.4 Å². The van der Waals surface area contributed by atoms with Crippen LogP contribution >= 0.6 is 0 Å². The van der Waals surface area contributed by atoms with E-state index < -0.39 is 6.09 Å². The lowest BCUT2D eigenvalue weighted by Crippen LogP contribution is -2.52. The molecule has 1 amide bonds. The van der Waals surface area contributed by atoms with Crippen LogP contribution in [0.3, 0.4) is 0 Å². The first kappa shape index (κ1) is 21.0. The topological polar surface area (TPSA) is 118 Å². The van der Waals surface area contributed by atoms with Gasteiger partial charge in [0.05, 0.1) is 6.04 Å². The Labute approximate surface area is 174 Å². The highest BCUT2D eigenvalue weighted by Gasteiger charge is 2.32. The van der Waals surface area contributed by atoms with Crippen LogP contribution in [-0.4, -0.2) is 60.2 Å². The molecule has 2 aromatic rings. The number of aromatic nitrogens is 4. The zero-order chi connectivity index (χ0) is 21.7. The number of hydrogen-bond acceptors (Lipinski definition) is 7. The highest BCUT2D eigenvalue weighted by molar-refractivity contribution is 6.10. The Morgan fingerprint density at radius 2 is 2.03 bits per heavy atom. The molecule has 1 atom stereocenters. The summed E-state index contributed by atoms with van der Waals surface area (Å²) in [6.07, 6.45) is 4.35. The Morgan fingerprint density at radius 3 is 2.63 bits per heavy atom. The smallest absolute Gasteiger partial charge is 0.410 e. The first-order chi connectivity index (χ1) is 14.3. The summed E-state index contributed by atoms with van der Waals surface area (Å²) < 4.78 is 1.52. The Morgan fingerprint density at radius 1 is 1.30 bits per heavy atom. The minimum Gasteiger partial charge on any atom is -0.465 e. The number of carbonyl (C=O) groups is 1. The van der Waals surface area contributed by atoms with Crippen LogP contribution in [0.2, 0.25) is 0 Å². The van der Waals surface area contributed by atoms with Gasteiger partial charge in [-0.15, -0.1) is 5.10 Å². The fourth-order valence-corrected chi connectivity index (χ4v) is 3.25. The molecule has 0 fully saturated rings. The first-order valence-corrected chi connectivity index (χ1v) is 9.43. The molecule has 3 rings (SSSR count). The Balaban J connectivity index is 1.83. The number of benzene rings is 1. The Bertz CT molecular complexity index is 974. The van der Waals surface area contributed by atoms with Crippen LogP contribution in [0.1, 0.15) is 32.2 Å². The summed E-state index contributed by atoms with van der Waals surface area (Å²) in [5.41, 5.74) is 0.965. The van der Waals surface area contributed by atoms with Crippen molar-refractivity contribution in [3.05, 3.63) is 65.8 Å². The van der Waals surface area contributed by atoms with E-state index in [4.69, 9.17) is 9.94 Å². The fourth-order valence-electron chi connectivity index (χ4n) is 3.25. The number of oxime groups is 1. The SMILES string of the molecule is Cn1nnnc1C(=NOCC1C=CC=C(NC(=O)O)N1C(C)(C)C)c1ccccc1. The third-order valence-electron chi connectivity index (χ3n) is 4.42. The summed E-state index contributed by atoms with van der Waals surface area (Å²) >= 11 is 0. The minimum atomic E-state index is -1.12. The largest absolute Gasteiger partial charge is 0.465 e. The van der Waals surface area contributed by atoms with Crippen molar-refractivity contribution >= 4 is 11.8 Å². The monoisotopic (exact) mass is 411 g/mol. The van der Waals surface area contributed by atoms with Crippen molar-refractivity contribution in [3.63, 3.8) is 0 Å². The summed E-state index contributed by atoms with van der Waals surface area (Å²) in [6, 6.07) is 9.28. The summed E-state index contributed by atoms with van der Waals surface area (Å²) in [4.78, 5) is 18.9. The molecule has 0 saturated carbocycles. The quantitative estimate of drug-likeness (QED) is 0.552. The Hall–Kier alpha value is -3.69. The van der Waals surface area contributed by atoms with Crippen LogP contribution in [0, 0.1) is 0 Å². The second-order valence-corrected chi connectivity index (χ2v) is 7.70. The van der Waals surface area contributed by atoms with Crippen molar-refractivity contribution in [2.45, 2.75) is 32.4 Å². The van der Waals surface area contributed by atoms with Crippen molar-refractivity contribution < 1.29 is 14.7 Å². The summed E-state index contributed by atoms with van der Waals surface area (Å²) in [6.45, 7) is 6.20. The zero-order valence-electron chi connectivity index (χ0n) is 17.4. The van der Waals surface area contributed by atoms with Gasteiger partial charge < -0.3 is 14.8 Å². The van der Waals surface area contributed by atoms with Gasteiger partial charge in [-0.25, -0.2) is 9.48 Å². The molecule has 0 aliphatic carbocycles. The molecule has 1 aromatic carbocycles. The molecule has 2 heterocycles. The van der Waals surface area contributed by atoms with Crippen LogP contribution < -0.4 is 5.32 Å². The van der Waals surface area contributed by atoms with E-state index in [1.807, 2.05) is 62.1 Å². The lowest BCUT2D eigenvalue weighted by atomic mass is 10.0. The second-order valence-electron chi connectivity index (χ2n) is 7.70. The lowest BCUT2D eigenvalue weighted by Gasteiger charge is -2.44. The fraction of sp³-hybridized carbons (Fsp3) is 0.350. The molecule has 1 aliphatic rings. The van der Waals surface area contributed by atoms with E-state index in [1.165, 1.54) is 4.68 Å². The molecule has 0 saturated heterocycles. The second kappa shape index (κ2) is 8.76. The predicted octanol–water partition coefficient (Wildman–Crippen LogP) is 2.13. The number of hydrogen-bond donors (Lipinski definition) is 2. The average molecular weight is 411 g/mol. The van der Waals surface area contributed by atoms with Crippen molar-refractivity contribution in [3.8, 4) is 0 Å². The number of amides is 1. The summed E-state index contributed by atoms with van der Waals surface area (Å²) in [5.74, 6) is 0.956. The predicted molar refractivity (Wildman–Crippen MR) is 111 cm³/mol. The van der Waals surface area contributed by atoms with Crippen LogP contribution in [0.4, 0.5) is 4.79 Å². The number of tetrazole rings is 1. The van der Waals surface area contributed by atoms with Crippen LogP contribution in [0.25, 0.3) is 0 Å². The molecule has 2 N–H and O–H groups in total. The standard InChI is InChI=1S/C20H25N7O3/c1-20(2,3)27-15(11-8-12-16(27)21-19(28)29)13-30-23-17(14-9-6-5-7-10-14)18-22-24-25-26(18)4/h5-12,15,21H,13H2,1-4H3,(H,28,29). The van der Waals surface area contributed by atoms with E-state index in [1.54, 1.807) is 19.2 Å². The van der Waals surface area contributed by atoms with E-state index in [0.29, 0.717) is 17.4 Å². The van der Waals surface area contributed by atoms with Crippen LogP contribution in [0.5, 0.6) is 0 Å². The number of carboxylic acid groups (broad SMARTS) is 1. The molecule has 0 bridgehead atoms. The van der Waals surface area contributed by atoms with E-state index >= 15 is 0 Å². The molecule has 158 valence electrons. The van der Waals surface area contributed by atoms with Gasteiger partial charge in [-0.2, -0.15) is 0 Å². The first-order valence-electron chi connectivity index (χ1n) is 9.43. The van der Waals surface area contributed by atoms with Gasteiger partial charge in [0.15, 0.2) is 5.71 Å². The average Bonchev–Trinajstić information content (AvgIpc) is 3.10. The summed E-state index contributed by atoms with van der Waals surface area (Å²) in [7, 11) is 1.73. The van der Waals surface area contributed by atoms with Gasteiger partial charge in [0.1, 0.15) is 12.4 Å². The number of nitrogens with one attached hydrogen (secondary N) is 1. The molecule has 0 spiro atoms. The molecule has 1 aromatic heterocycles. The highest BCUT2D eigenvalue weighted by atomic mass is 16.6. The summed E-state index contributed by atoms with van der Waals surface area (Å²) in [5, 5.41) is 27.5. The molecule has 10 nitrogen and oxygen atoms in total. The third-order valence-corrected chi connectivity index (χ3v) is 4.42. The van der Waals surface area contributed by atoms with Gasteiger partial charge in [0.2, 0.25) is 5.82 Å². The molecular formula is C20H25N7O3. The molecule has 10 heteroatoms. The molecule has 0 radical (unpaired) electrons. The van der Waals surface area contributed by atoms with Gasteiger partial charge in [0.25, 0.3) is 0 Å². The van der Waals surface area contributed by atoms with Crippen molar-refractivity contribution in [2.24, 2.45) is 12.2 Å². The maximum Gasteiger partial charge on any atom is 0.410 e. The van der Waals surface area contributed by atoms with Gasteiger partial charge in [-0.3, -0.25) is 5.32 Å². The van der Waals surface area contributed by atoms with Crippen LogP contribution in [0.15, 0.2) is 59.5 Å². The van der Waals surface area contributed by atoms with Crippen molar-refractivity contribution in [1.29, 1.82) is 0 Å². The molecule has 30 heavy (non-hydrogen) atoms. The van der Waals surface area contributed by atoms with E-state index in [-0.39, 0.29) is 18.2 Å². The van der Waals surface area contributed by atoms with Gasteiger partial charge >= 0.3 is 6.09 Å². The minimum absolute atomic E-state index is 0.202. The van der Waals surface area contributed by atoms with E-state index in [9.17, 15) is 4.79 Å². The zero-order valence-corrected chi connectivity index (χ0v) is 17.4. The maximum absolute atomic E-state index is 11.2. The van der Waals surface area contributed by atoms with Gasteiger partial charge in [0, 0.05) is 18.2 Å². The normalized spacial score (nSPS) is 16.9. The maximum atomic E-state index is 11.2. The number of allylic oxidation sites excluding steroid dienone is 2. The molecule has 1 aliphatic heterocycles. The van der Waals surface area contributed by atoms with Gasteiger partial charge in [-0.05, 0) is 37.3 Å². The Kier molecular flexibility index (Phi) is 6.14. The van der Waals surface area contributed by atoms with Crippen molar-refractivity contribution in [2.75, 3.05) is 6.61 Å². The number of aryl methyl sites for hydroxylation is 1. The van der Waals surface area contributed by atoms with E-state index in [2.05, 4.69) is 26.0 Å². The molecule has 1 unspecified atom stereocenters. The third kappa shape index (κ3) is 4.83. The van der Waals surface area contributed by atoms with E-state index in [0.717, 1.165) is 5.56 Å².